The van der Waals surface area contributed by atoms with Crippen LogP contribution in [0.1, 0.15) is 252 Å². The number of esters is 3. The predicted octanol–water partition coefficient (Wildman–Crippen LogP) is 18.0. The summed E-state index contributed by atoms with van der Waals surface area (Å²) in [7, 11) is 0. The molecule has 0 radical (unpaired) electrons. The highest BCUT2D eigenvalue weighted by molar-refractivity contribution is 5.71. The van der Waals surface area contributed by atoms with Crippen molar-refractivity contribution in [2.75, 3.05) is 13.2 Å². The molecule has 0 aliphatic carbocycles. The van der Waals surface area contributed by atoms with Gasteiger partial charge in [-0.25, -0.2) is 0 Å². The van der Waals surface area contributed by atoms with E-state index in [1.54, 1.807) is 0 Å². The molecule has 6 nitrogen and oxygen atoms in total. The Balaban J connectivity index is 4.42. The monoisotopic (exact) mass is 905 g/mol. The third-order valence-electron chi connectivity index (χ3n) is 11.4. The van der Waals surface area contributed by atoms with E-state index in [1.807, 2.05) is 0 Å². The second-order valence-corrected chi connectivity index (χ2v) is 17.8. The molecular formula is C59H100O6. The summed E-state index contributed by atoms with van der Waals surface area (Å²) < 4.78 is 16.8. The third kappa shape index (κ3) is 51.4. The Morgan fingerprint density at radius 3 is 1.12 bits per heavy atom. The lowest BCUT2D eigenvalue weighted by molar-refractivity contribution is -0.167. The van der Waals surface area contributed by atoms with E-state index in [1.165, 1.54) is 89.9 Å². The quantitative estimate of drug-likeness (QED) is 0.0199. The first kappa shape index (κ1) is 61.6. The summed E-state index contributed by atoms with van der Waals surface area (Å²) in [5.74, 6) is -0.933. The van der Waals surface area contributed by atoms with Gasteiger partial charge in [-0.1, -0.05) is 221 Å². The van der Waals surface area contributed by atoms with Gasteiger partial charge in [-0.15, -0.1) is 0 Å². The molecule has 0 N–H and O–H groups in total. The molecule has 0 spiro atoms. The highest BCUT2D eigenvalue weighted by Gasteiger charge is 2.19. The van der Waals surface area contributed by atoms with Gasteiger partial charge in [-0.05, 0) is 96.3 Å². The third-order valence-corrected chi connectivity index (χ3v) is 11.4. The highest BCUT2D eigenvalue weighted by Crippen LogP contribution is 2.14. The highest BCUT2D eigenvalue weighted by atomic mass is 16.6. The molecule has 0 aliphatic heterocycles. The molecule has 0 bridgehead atoms. The summed E-state index contributed by atoms with van der Waals surface area (Å²) in [5, 5.41) is 0. The van der Waals surface area contributed by atoms with Crippen LogP contribution in [0.4, 0.5) is 0 Å². The summed E-state index contributed by atoms with van der Waals surface area (Å²) in [6.45, 7) is 6.37. The summed E-state index contributed by atoms with van der Waals surface area (Å²) in [5.41, 5.74) is 0. The van der Waals surface area contributed by atoms with Crippen molar-refractivity contribution in [1.29, 1.82) is 0 Å². The molecule has 0 saturated heterocycles. The average Bonchev–Trinajstić information content (AvgIpc) is 3.30. The Morgan fingerprint density at radius 1 is 0.338 bits per heavy atom. The molecule has 1 unspecified atom stereocenters. The lowest BCUT2D eigenvalue weighted by atomic mass is 10.1. The number of allylic oxidation sites excluding steroid dienone is 14. The predicted molar refractivity (Wildman–Crippen MR) is 279 cm³/mol. The lowest BCUT2D eigenvalue weighted by Crippen LogP contribution is -2.30. The van der Waals surface area contributed by atoms with E-state index < -0.39 is 6.10 Å². The second kappa shape index (κ2) is 53.2. The number of hydrogen-bond donors (Lipinski definition) is 0. The van der Waals surface area contributed by atoms with E-state index in [9.17, 15) is 14.4 Å². The molecule has 65 heavy (non-hydrogen) atoms. The Bertz CT molecular complexity index is 1270. The van der Waals surface area contributed by atoms with Crippen LogP contribution in [0.15, 0.2) is 85.1 Å². The van der Waals surface area contributed by atoms with Gasteiger partial charge in [0.15, 0.2) is 6.10 Å². The van der Waals surface area contributed by atoms with Crippen LogP contribution in [0.3, 0.4) is 0 Å². The molecular weight excluding hydrogens is 805 g/mol. The van der Waals surface area contributed by atoms with Crippen molar-refractivity contribution in [3.05, 3.63) is 85.1 Å². The fourth-order valence-corrected chi connectivity index (χ4v) is 7.39. The summed E-state index contributed by atoms with van der Waals surface area (Å²) in [6, 6.07) is 0. The molecule has 0 heterocycles. The van der Waals surface area contributed by atoms with Gasteiger partial charge in [0.1, 0.15) is 13.2 Å². The van der Waals surface area contributed by atoms with Crippen LogP contribution < -0.4 is 0 Å². The van der Waals surface area contributed by atoms with E-state index in [0.29, 0.717) is 19.3 Å². The SMILES string of the molecule is CC\C=C/C=C\C=C/CCCCCCCC(=O)OCC(COC(=O)CCCCCCC/C=C\CCCCCCCCCCC)OC(=O)CCCCCCCC/C=C\C/C=C\C/C=C\CC. The van der Waals surface area contributed by atoms with Crippen LogP contribution >= 0.6 is 0 Å². The van der Waals surface area contributed by atoms with Gasteiger partial charge in [-0.2, -0.15) is 0 Å². The van der Waals surface area contributed by atoms with Gasteiger partial charge >= 0.3 is 17.9 Å². The van der Waals surface area contributed by atoms with E-state index in [4.69, 9.17) is 14.2 Å². The average molecular weight is 905 g/mol. The van der Waals surface area contributed by atoms with Crippen molar-refractivity contribution >= 4 is 17.9 Å². The van der Waals surface area contributed by atoms with Crippen LogP contribution in [0.2, 0.25) is 0 Å². The molecule has 0 saturated carbocycles. The van der Waals surface area contributed by atoms with Crippen molar-refractivity contribution in [3.8, 4) is 0 Å². The molecule has 0 amide bonds. The minimum absolute atomic E-state index is 0.0933. The lowest BCUT2D eigenvalue weighted by Gasteiger charge is -2.18. The van der Waals surface area contributed by atoms with Crippen molar-refractivity contribution in [3.63, 3.8) is 0 Å². The first-order valence-corrected chi connectivity index (χ1v) is 27.1. The summed E-state index contributed by atoms with van der Waals surface area (Å²) in [6.07, 6.45) is 68.6. The number of hydrogen-bond acceptors (Lipinski definition) is 6. The Morgan fingerprint density at radius 2 is 0.677 bits per heavy atom. The van der Waals surface area contributed by atoms with Crippen molar-refractivity contribution in [1.82, 2.24) is 0 Å². The number of ether oxygens (including phenoxy) is 3. The molecule has 0 rings (SSSR count). The van der Waals surface area contributed by atoms with Gasteiger partial charge in [-0.3, -0.25) is 14.4 Å². The van der Waals surface area contributed by atoms with Crippen LogP contribution in [0.5, 0.6) is 0 Å². The Hall–Kier alpha value is -3.41. The van der Waals surface area contributed by atoms with Crippen LogP contribution in [0.25, 0.3) is 0 Å². The number of rotatable bonds is 48. The maximum atomic E-state index is 12.8. The number of unbranched alkanes of at least 4 members (excludes halogenated alkanes) is 25. The van der Waals surface area contributed by atoms with E-state index in [0.717, 1.165) is 122 Å². The molecule has 0 fully saturated rings. The van der Waals surface area contributed by atoms with Crippen LogP contribution in [-0.4, -0.2) is 37.2 Å². The molecule has 1 atom stereocenters. The van der Waals surface area contributed by atoms with Gasteiger partial charge in [0.05, 0.1) is 0 Å². The minimum Gasteiger partial charge on any atom is -0.462 e. The van der Waals surface area contributed by atoms with Crippen LogP contribution in [-0.2, 0) is 28.6 Å². The van der Waals surface area contributed by atoms with Crippen molar-refractivity contribution in [2.24, 2.45) is 0 Å². The largest absolute Gasteiger partial charge is 0.462 e. The standard InChI is InChI=1S/C59H100O6/c1-4-7-10-13-16-19-22-25-27-29-30-32-34-37-40-43-46-49-52-58(61)64-55-56(54-63-57(60)51-48-45-42-39-36-33-24-21-18-15-12-9-6-3)65-59(62)53-50-47-44-41-38-35-31-28-26-23-20-17-14-11-8-5-2/h8-9,11-12,15,17-18,20-21,24,26,28,30,32,56H,4-7,10,13-14,16,19,22-23,25,27,29,31,33-55H2,1-3H3/b11-8-,12-9-,18-15-,20-17-,24-21-,28-26-,32-30-. The molecule has 372 valence electrons. The molecule has 6 heteroatoms. The van der Waals surface area contributed by atoms with Crippen molar-refractivity contribution in [2.45, 2.75) is 258 Å². The minimum atomic E-state index is -0.796. The maximum Gasteiger partial charge on any atom is 0.306 e. The van der Waals surface area contributed by atoms with Crippen molar-refractivity contribution < 1.29 is 28.6 Å². The number of carbonyl (C=O) groups is 3. The molecule has 0 aliphatic rings. The Kier molecular flexibility index (Phi) is 50.4. The Labute approximate surface area is 401 Å². The maximum absolute atomic E-state index is 12.8. The zero-order chi connectivity index (χ0) is 47.2. The van der Waals surface area contributed by atoms with Gasteiger partial charge < -0.3 is 14.2 Å². The second-order valence-electron chi connectivity index (χ2n) is 17.8. The number of carbonyl (C=O) groups excluding carboxylic acids is 3. The molecule has 0 aromatic carbocycles. The fourth-order valence-electron chi connectivity index (χ4n) is 7.39. The zero-order valence-electron chi connectivity index (χ0n) is 42.5. The first-order chi connectivity index (χ1) is 32.0. The molecule has 0 aromatic heterocycles. The normalized spacial score (nSPS) is 12.7. The topological polar surface area (TPSA) is 78.9 Å². The van der Waals surface area contributed by atoms with Gasteiger partial charge in [0, 0.05) is 19.3 Å². The van der Waals surface area contributed by atoms with E-state index >= 15 is 0 Å². The van der Waals surface area contributed by atoms with Gasteiger partial charge in [0.25, 0.3) is 0 Å². The first-order valence-electron chi connectivity index (χ1n) is 27.1. The summed E-state index contributed by atoms with van der Waals surface area (Å²) >= 11 is 0. The smallest absolute Gasteiger partial charge is 0.306 e. The van der Waals surface area contributed by atoms with Crippen LogP contribution in [0, 0.1) is 0 Å². The van der Waals surface area contributed by atoms with E-state index in [-0.39, 0.29) is 31.1 Å². The zero-order valence-corrected chi connectivity index (χ0v) is 42.5. The summed E-state index contributed by atoms with van der Waals surface area (Å²) in [4.78, 5) is 38.1. The molecule has 0 aromatic rings. The van der Waals surface area contributed by atoms with Gasteiger partial charge in [0.2, 0.25) is 0 Å². The van der Waals surface area contributed by atoms with E-state index in [2.05, 4.69) is 106 Å². The fraction of sp³-hybridized carbons (Fsp3) is 0.712.